The third-order valence-electron chi connectivity index (χ3n) is 3.23. The molecule has 7 heteroatoms. The van der Waals surface area contributed by atoms with E-state index < -0.39 is 18.0 Å². The number of hydrogen-bond donors (Lipinski definition) is 2. The highest BCUT2D eigenvalue weighted by Crippen LogP contribution is 2.22. The number of imidazole rings is 1. The van der Waals surface area contributed by atoms with Crippen molar-refractivity contribution in [3.8, 4) is 0 Å². The van der Waals surface area contributed by atoms with Crippen LogP contribution in [0, 0.1) is 0 Å². The van der Waals surface area contributed by atoms with Gasteiger partial charge in [-0.1, -0.05) is 12.1 Å². The molecule has 1 atom stereocenters. The number of aliphatic carboxylic acids is 2. The quantitative estimate of drug-likeness (QED) is 0.830. The average Bonchev–Trinajstić information content (AvgIpc) is 2.74. The summed E-state index contributed by atoms with van der Waals surface area (Å²) in [5, 5.41) is 18.1. The summed E-state index contributed by atoms with van der Waals surface area (Å²) in [5.41, 5.74) is 1.43. The Bertz CT molecular complexity index is 680. The van der Waals surface area contributed by atoms with Gasteiger partial charge in [0.25, 0.3) is 0 Å². The third-order valence-corrected chi connectivity index (χ3v) is 3.23. The maximum absolute atomic E-state index is 11.3. The van der Waals surface area contributed by atoms with Crippen LogP contribution < -0.4 is 0 Å². The molecule has 0 spiro atoms. The number of carbonyl (C=O) groups is 2. The molecular weight excluding hydrogens is 274 g/mol. The normalized spacial score (nSPS) is 12.7. The molecule has 0 radical (unpaired) electrons. The summed E-state index contributed by atoms with van der Waals surface area (Å²) >= 11 is 0. The molecule has 7 nitrogen and oxygen atoms in total. The van der Waals surface area contributed by atoms with Gasteiger partial charge in [0.05, 0.1) is 24.1 Å². The molecule has 0 saturated carbocycles. The van der Waals surface area contributed by atoms with E-state index in [1.165, 1.54) is 0 Å². The summed E-state index contributed by atoms with van der Waals surface area (Å²) in [6.07, 6.45) is 0. The zero-order chi connectivity index (χ0) is 15.6. The first-order valence-electron chi connectivity index (χ1n) is 6.49. The minimum absolute atomic E-state index is 0.134. The number of nitrogens with zero attached hydrogens (tertiary/aromatic N) is 3. The number of carboxylic acids is 2. The molecule has 2 rings (SSSR count). The smallest absolute Gasteiger partial charge is 0.326 e. The van der Waals surface area contributed by atoms with Crippen LogP contribution in [0.5, 0.6) is 0 Å². The maximum atomic E-state index is 11.3. The lowest BCUT2D eigenvalue weighted by Gasteiger charge is -2.17. The molecule has 1 unspecified atom stereocenters. The van der Waals surface area contributed by atoms with E-state index in [4.69, 9.17) is 5.11 Å². The molecule has 2 N–H and O–H groups in total. The van der Waals surface area contributed by atoms with Gasteiger partial charge in [-0.2, -0.15) is 0 Å². The van der Waals surface area contributed by atoms with Gasteiger partial charge in [-0.25, -0.2) is 9.78 Å². The summed E-state index contributed by atoms with van der Waals surface area (Å²) in [7, 11) is 1.66. The Kier molecular flexibility index (Phi) is 4.23. The highest BCUT2D eigenvalue weighted by Gasteiger charge is 2.21. The van der Waals surface area contributed by atoms with E-state index in [2.05, 4.69) is 4.98 Å². The molecule has 1 aromatic heterocycles. The Morgan fingerprint density at radius 1 is 1.33 bits per heavy atom. The zero-order valence-corrected chi connectivity index (χ0v) is 11.9. The third kappa shape index (κ3) is 3.19. The summed E-state index contributed by atoms with van der Waals surface area (Å²) < 4.78 is 1.63. The predicted octanol–water partition coefficient (Wildman–Crippen LogP) is 1.20. The summed E-state index contributed by atoms with van der Waals surface area (Å²) in [5.74, 6) is -1.36. The van der Waals surface area contributed by atoms with Gasteiger partial charge in [-0.05, 0) is 26.1 Å². The van der Waals surface area contributed by atoms with Crippen LogP contribution in [0.25, 0.3) is 11.0 Å². The second-order valence-corrected chi connectivity index (χ2v) is 4.97. The van der Waals surface area contributed by atoms with Crippen LogP contribution in [-0.4, -0.2) is 50.2 Å². The molecule has 0 aliphatic rings. The fourth-order valence-corrected chi connectivity index (χ4v) is 2.28. The number of carboxylic acid groups (broad SMARTS) is 2. The minimum Gasteiger partial charge on any atom is -0.480 e. The van der Waals surface area contributed by atoms with E-state index in [0.717, 1.165) is 5.52 Å². The van der Waals surface area contributed by atoms with E-state index in [1.807, 2.05) is 18.2 Å². The standard InChI is InChI=1S/C14H17N3O4/c1-9(14(20)21)17-11-6-4-3-5-10(11)15-12(17)7-16(2)8-13(18)19/h3-6,9H,7-8H2,1-2H3,(H,18,19)(H,20,21). The van der Waals surface area contributed by atoms with Crippen LogP contribution in [-0.2, 0) is 16.1 Å². The number of rotatable bonds is 6. The van der Waals surface area contributed by atoms with Crippen molar-refractivity contribution in [2.24, 2.45) is 0 Å². The molecule has 21 heavy (non-hydrogen) atoms. The fraction of sp³-hybridized carbons (Fsp3) is 0.357. The number of fused-ring (bicyclic) bond motifs is 1. The molecule has 1 aromatic carbocycles. The molecule has 0 aliphatic heterocycles. The van der Waals surface area contributed by atoms with Gasteiger partial charge in [-0.3, -0.25) is 9.69 Å². The number of aromatic nitrogens is 2. The Morgan fingerprint density at radius 3 is 2.62 bits per heavy atom. The topological polar surface area (TPSA) is 95.7 Å². The van der Waals surface area contributed by atoms with Gasteiger partial charge in [0.1, 0.15) is 11.9 Å². The molecule has 0 bridgehead atoms. The number of likely N-dealkylation sites (N-methyl/N-ethyl adjacent to an activating group) is 1. The van der Waals surface area contributed by atoms with Crippen LogP contribution in [0.2, 0.25) is 0 Å². The van der Waals surface area contributed by atoms with Crippen molar-refractivity contribution in [2.45, 2.75) is 19.5 Å². The molecule has 0 fully saturated rings. The molecule has 0 saturated heterocycles. The second-order valence-electron chi connectivity index (χ2n) is 4.97. The van der Waals surface area contributed by atoms with Crippen molar-refractivity contribution in [2.75, 3.05) is 13.6 Å². The molecule has 0 amide bonds. The molecular formula is C14H17N3O4. The lowest BCUT2D eigenvalue weighted by atomic mass is 10.2. The van der Waals surface area contributed by atoms with Crippen LogP contribution in [0.1, 0.15) is 18.8 Å². The molecule has 2 aromatic rings. The average molecular weight is 291 g/mol. The van der Waals surface area contributed by atoms with Crippen molar-refractivity contribution in [1.82, 2.24) is 14.5 Å². The van der Waals surface area contributed by atoms with Crippen LogP contribution in [0.4, 0.5) is 0 Å². The first-order valence-corrected chi connectivity index (χ1v) is 6.49. The number of para-hydroxylation sites is 2. The monoisotopic (exact) mass is 291 g/mol. The Hall–Kier alpha value is -2.41. The number of benzene rings is 1. The van der Waals surface area contributed by atoms with Crippen molar-refractivity contribution < 1.29 is 19.8 Å². The van der Waals surface area contributed by atoms with Crippen molar-refractivity contribution in [1.29, 1.82) is 0 Å². The van der Waals surface area contributed by atoms with E-state index in [-0.39, 0.29) is 13.1 Å². The Morgan fingerprint density at radius 2 is 2.00 bits per heavy atom. The minimum atomic E-state index is -0.958. The van der Waals surface area contributed by atoms with Gasteiger partial charge in [0.2, 0.25) is 0 Å². The van der Waals surface area contributed by atoms with E-state index >= 15 is 0 Å². The molecule has 0 aliphatic carbocycles. The highest BCUT2D eigenvalue weighted by molar-refractivity contribution is 5.80. The Balaban J connectivity index is 2.44. The van der Waals surface area contributed by atoms with Gasteiger partial charge in [-0.15, -0.1) is 0 Å². The van der Waals surface area contributed by atoms with Crippen LogP contribution in [0.3, 0.4) is 0 Å². The van der Waals surface area contributed by atoms with Gasteiger partial charge in [0.15, 0.2) is 0 Å². The Labute approximate surface area is 121 Å². The summed E-state index contributed by atoms with van der Waals surface area (Å²) in [6.45, 7) is 1.71. The first-order chi connectivity index (χ1) is 9.90. The summed E-state index contributed by atoms with van der Waals surface area (Å²) in [6, 6.07) is 6.49. The van der Waals surface area contributed by atoms with Crippen LogP contribution >= 0.6 is 0 Å². The first kappa shape index (κ1) is 15.0. The maximum Gasteiger partial charge on any atom is 0.326 e. The van der Waals surface area contributed by atoms with Gasteiger partial charge < -0.3 is 14.8 Å². The van der Waals surface area contributed by atoms with Gasteiger partial charge >= 0.3 is 11.9 Å². The van der Waals surface area contributed by atoms with Crippen LogP contribution in [0.15, 0.2) is 24.3 Å². The summed E-state index contributed by atoms with van der Waals surface area (Å²) in [4.78, 5) is 28.0. The fourth-order valence-electron chi connectivity index (χ4n) is 2.28. The SMILES string of the molecule is CC(C(=O)O)n1c(CN(C)CC(=O)O)nc2ccccc21. The molecule has 1 heterocycles. The highest BCUT2D eigenvalue weighted by atomic mass is 16.4. The molecule has 112 valence electrons. The van der Waals surface area contributed by atoms with E-state index in [1.54, 1.807) is 29.5 Å². The number of hydrogen-bond acceptors (Lipinski definition) is 4. The van der Waals surface area contributed by atoms with Crippen molar-refractivity contribution in [3.63, 3.8) is 0 Å². The zero-order valence-electron chi connectivity index (χ0n) is 11.9. The second kappa shape index (κ2) is 5.92. The lowest BCUT2D eigenvalue weighted by molar-refractivity contribution is -0.141. The van der Waals surface area contributed by atoms with Crippen molar-refractivity contribution in [3.05, 3.63) is 30.1 Å². The van der Waals surface area contributed by atoms with E-state index in [0.29, 0.717) is 11.3 Å². The van der Waals surface area contributed by atoms with Gasteiger partial charge in [0, 0.05) is 0 Å². The largest absolute Gasteiger partial charge is 0.480 e. The van der Waals surface area contributed by atoms with E-state index in [9.17, 15) is 14.7 Å². The lowest BCUT2D eigenvalue weighted by Crippen LogP contribution is -2.28. The predicted molar refractivity (Wildman–Crippen MR) is 76.0 cm³/mol. The van der Waals surface area contributed by atoms with Crippen molar-refractivity contribution >= 4 is 23.0 Å².